The van der Waals surface area contributed by atoms with Gasteiger partial charge in [-0.2, -0.15) is 5.10 Å². The summed E-state index contributed by atoms with van der Waals surface area (Å²) >= 11 is 0. The molecule has 1 atom stereocenters. The Bertz CT molecular complexity index is 748. The smallest absolute Gasteiger partial charge is 0.0850 e. The van der Waals surface area contributed by atoms with Gasteiger partial charge in [-0.3, -0.25) is 9.67 Å². The minimum absolute atomic E-state index is 0.506. The number of aromatic nitrogens is 3. The van der Waals surface area contributed by atoms with Gasteiger partial charge in [-0.15, -0.1) is 0 Å². The van der Waals surface area contributed by atoms with E-state index in [2.05, 4.69) is 10.1 Å². The number of hydrogen-bond donors (Lipinski definition) is 1. The predicted molar refractivity (Wildman–Crippen MR) is 78.4 cm³/mol. The van der Waals surface area contributed by atoms with E-state index in [-0.39, 0.29) is 0 Å². The van der Waals surface area contributed by atoms with Crippen LogP contribution in [-0.2, 0) is 13.5 Å². The Morgan fingerprint density at radius 2 is 2.05 bits per heavy atom. The van der Waals surface area contributed by atoms with Crippen LogP contribution in [0.5, 0.6) is 0 Å². The number of para-hydroxylation sites is 1. The Kier molecular flexibility index (Phi) is 3.24. The van der Waals surface area contributed by atoms with Crippen LogP contribution in [0.4, 0.5) is 0 Å². The number of nitrogens with zero attached hydrogens (tertiary/aromatic N) is 3. The molecule has 0 saturated carbocycles. The van der Waals surface area contributed by atoms with Crippen LogP contribution < -0.4 is 0 Å². The van der Waals surface area contributed by atoms with Crippen LogP contribution in [0, 0.1) is 6.92 Å². The third-order valence-corrected chi connectivity index (χ3v) is 3.64. The van der Waals surface area contributed by atoms with Crippen molar-refractivity contribution in [1.29, 1.82) is 0 Å². The summed E-state index contributed by atoms with van der Waals surface area (Å²) in [5.41, 5.74) is 3.92. The molecule has 0 fully saturated rings. The molecular formula is C16H17N3O. The maximum Gasteiger partial charge on any atom is 0.0850 e. The van der Waals surface area contributed by atoms with Crippen LogP contribution in [0.25, 0.3) is 10.9 Å². The maximum atomic E-state index is 10.4. The van der Waals surface area contributed by atoms with Gasteiger partial charge >= 0.3 is 0 Å². The van der Waals surface area contributed by atoms with Crippen molar-refractivity contribution in [3.63, 3.8) is 0 Å². The second-order valence-electron chi connectivity index (χ2n) is 5.04. The molecule has 2 aromatic heterocycles. The lowest BCUT2D eigenvalue weighted by Gasteiger charge is -2.12. The fourth-order valence-corrected chi connectivity index (χ4v) is 2.59. The summed E-state index contributed by atoms with van der Waals surface area (Å²) in [6, 6.07) is 9.94. The molecule has 2 heterocycles. The standard InChI is InChI=1S/C16H17N3O/c1-11-10-17-8-7-12(11)16(20)9-14-13-5-3-4-6-15(13)19(2)18-14/h3-8,10,16,20H,9H2,1-2H3. The van der Waals surface area contributed by atoms with E-state index < -0.39 is 6.10 Å². The van der Waals surface area contributed by atoms with E-state index in [0.29, 0.717) is 6.42 Å². The number of aliphatic hydroxyl groups excluding tert-OH is 1. The van der Waals surface area contributed by atoms with Gasteiger partial charge in [-0.05, 0) is 30.2 Å². The molecule has 1 aromatic carbocycles. The van der Waals surface area contributed by atoms with E-state index in [1.54, 1.807) is 12.4 Å². The van der Waals surface area contributed by atoms with E-state index >= 15 is 0 Å². The van der Waals surface area contributed by atoms with Crippen molar-refractivity contribution < 1.29 is 5.11 Å². The number of aryl methyl sites for hydroxylation is 2. The molecule has 0 amide bonds. The van der Waals surface area contributed by atoms with Crippen LogP contribution >= 0.6 is 0 Å². The third-order valence-electron chi connectivity index (χ3n) is 3.64. The first-order chi connectivity index (χ1) is 9.66. The van der Waals surface area contributed by atoms with Crippen molar-refractivity contribution in [2.24, 2.45) is 7.05 Å². The molecule has 1 N–H and O–H groups in total. The average molecular weight is 267 g/mol. The van der Waals surface area contributed by atoms with Gasteiger partial charge in [0.05, 0.1) is 17.3 Å². The number of fused-ring (bicyclic) bond motifs is 1. The summed E-state index contributed by atoms with van der Waals surface area (Å²) in [6.07, 6.45) is 3.43. The van der Waals surface area contributed by atoms with E-state index in [0.717, 1.165) is 27.7 Å². The number of hydrogen-bond acceptors (Lipinski definition) is 3. The van der Waals surface area contributed by atoms with Crippen molar-refractivity contribution in [3.8, 4) is 0 Å². The highest BCUT2D eigenvalue weighted by molar-refractivity contribution is 5.81. The number of aliphatic hydroxyl groups is 1. The molecule has 3 aromatic rings. The Morgan fingerprint density at radius 1 is 1.25 bits per heavy atom. The Balaban J connectivity index is 1.96. The molecule has 0 radical (unpaired) electrons. The first kappa shape index (κ1) is 12.8. The highest BCUT2D eigenvalue weighted by atomic mass is 16.3. The molecule has 0 spiro atoms. The van der Waals surface area contributed by atoms with Gasteiger partial charge in [0.2, 0.25) is 0 Å². The molecule has 3 rings (SSSR count). The van der Waals surface area contributed by atoms with Gasteiger partial charge in [-0.1, -0.05) is 18.2 Å². The van der Waals surface area contributed by atoms with E-state index in [4.69, 9.17) is 0 Å². The summed E-state index contributed by atoms with van der Waals surface area (Å²) in [5, 5.41) is 16.1. The predicted octanol–water partition coefficient (Wildman–Crippen LogP) is 2.55. The molecule has 0 saturated heterocycles. The van der Waals surface area contributed by atoms with Crippen LogP contribution in [0.1, 0.15) is 22.9 Å². The Morgan fingerprint density at radius 3 is 2.85 bits per heavy atom. The Hall–Kier alpha value is -2.20. The zero-order chi connectivity index (χ0) is 14.1. The first-order valence-corrected chi connectivity index (χ1v) is 6.66. The van der Waals surface area contributed by atoms with Crippen molar-refractivity contribution >= 4 is 10.9 Å². The largest absolute Gasteiger partial charge is 0.388 e. The molecule has 0 aliphatic heterocycles. The zero-order valence-electron chi connectivity index (χ0n) is 11.6. The first-order valence-electron chi connectivity index (χ1n) is 6.66. The lowest BCUT2D eigenvalue weighted by Crippen LogP contribution is -2.05. The Labute approximate surface area is 117 Å². The molecule has 4 nitrogen and oxygen atoms in total. The van der Waals surface area contributed by atoms with Gasteiger partial charge in [0, 0.05) is 31.2 Å². The molecule has 102 valence electrons. The van der Waals surface area contributed by atoms with Gasteiger partial charge in [0.1, 0.15) is 0 Å². The number of pyridine rings is 1. The van der Waals surface area contributed by atoms with Gasteiger partial charge in [0.15, 0.2) is 0 Å². The normalized spacial score (nSPS) is 12.8. The molecule has 0 aliphatic carbocycles. The van der Waals surface area contributed by atoms with Crippen LogP contribution in [0.2, 0.25) is 0 Å². The van der Waals surface area contributed by atoms with Crippen molar-refractivity contribution in [2.75, 3.05) is 0 Å². The summed E-state index contributed by atoms with van der Waals surface area (Å²) in [4.78, 5) is 4.06. The SMILES string of the molecule is Cc1cnccc1C(O)Cc1nn(C)c2ccccc12. The van der Waals surface area contributed by atoms with Gasteiger partial charge < -0.3 is 5.11 Å². The quantitative estimate of drug-likeness (QED) is 0.793. The maximum absolute atomic E-state index is 10.4. The number of rotatable bonds is 3. The molecule has 20 heavy (non-hydrogen) atoms. The highest BCUT2D eigenvalue weighted by Crippen LogP contribution is 2.24. The fourth-order valence-electron chi connectivity index (χ4n) is 2.59. The third kappa shape index (κ3) is 2.18. The molecule has 0 bridgehead atoms. The highest BCUT2D eigenvalue weighted by Gasteiger charge is 2.15. The van der Waals surface area contributed by atoms with Gasteiger partial charge in [-0.25, -0.2) is 0 Å². The van der Waals surface area contributed by atoms with E-state index in [1.165, 1.54) is 0 Å². The average Bonchev–Trinajstić information content (AvgIpc) is 2.76. The molecule has 0 aliphatic rings. The lowest BCUT2D eigenvalue weighted by atomic mass is 10.0. The summed E-state index contributed by atoms with van der Waals surface area (Å²) in [6.45, 7) is 1.96. The van der Waals surface area contributed by atoms with E-state index in [9.17, 15) is 5.11 Å². The minimum atomic E-state index is -0.559. The lowest BCUT2D eigenvalue weighted by molar-refractivity contribution is 0.176. The summed E-state index contributed by atoms with van der Waals surface area (Å²) in [7, 11) is 1.93. The van der Waals surface area contributed by atoms with E-state index in [1.807, 2.05) is 49.0 Å². The van der Waals surface area contributed by atoms with Crippen LogP contribution in [-0.4, -0.2) is 19.9 Å². The second-order valence-corrected chi connectivity index (χ2v) is 5.04. The summed E-state index contributed by atoms with van der Waals surface area (Å²) in [5.74, 6) is 0. The monoisotopic (exact) mass is 267 g/mol. The zero-order valence-corrected chi connectivity index (χ0v) is 11.6. The molecular weight excluding hydrogens is 250 g/mol. The van der Waals surface area contributed by atoms with Crippen LogP contribution in [0.3, 0.4) is 0 Å². The fraction of sp³-hybridized carbons (Fsp3) is 0.250. The molecule has 1 unspecified atom stereocenters. The second kappa shape index (κ2) is 5.06. The minimum Gasteiger partial charge on any atom is -0.388 e. The summed E-state index contributed by atoms with van der Waals surface area (Å²) < 4.78 is 1.86. The van der Waals surface area contributed by atoms with Crippen molar-refractivity contribution in [1.82, 2.24) is 14.8 Å². The molecule has 4 heteroatoms. The van der Waals surface area contributed by atoms with Crippen molar-refractivity contribution in [3.05, 3.63) is 59.5 Å². The van der Waals surface area contributed by atoms with Crippen molar-refractivity contribution in [2.45, 2.75) is 19.4 Å². The topological polar surface area (TPSA) is 50.9 Å². The van der Waals surface area contributed by atoms with Crippen LogP contribution in [0.15, 0.2) is 42.7 Å². The number of benzene rings is 1. The van der Waals surface area contributed by atoms with Gasteiger partial charge in [0.25, 0.3) is 0 Å².